The van der Waals surface area contributed by atoms with Gasteiger partial charge in [-0.2, -0.15) is 0 Å². The summed E-state index contributed by atoms with van der Waals surface area (Å²) in [5.74, 6) is 0. The zero-order valence-electron chi connectivity index (χ0n) is 24.6. The lowest BCUT2D eigenvalue weighted by atomic mass is 10.1. The maximum atomic E-state index is 6.62. The Kier molecular flexibility index (Phi) is 4.55. The number of aromatic nitrogens is 2. The molecule has 0 radical (unpaired) electrons. The van der Waals surface area contributed by atoms with E-state index in [-0.39, 0.29) is 0 Å². The van der Waals surface area contributed by atoms with Gasteiger partial charge in [-0.05, 0) is 66.7 Å². The van der Waals surface area contributed by atoms with Crippen LogP contribution in [0.5, 0.6) is 0 Å². The van der Waals surface area contributed by atoms with Gasteiger partial charge < -0.3 is 18.0 Å². The van der Waals surface area contributed by atoms with Crippen LogP contribution in [0.1, 0.15) is 0 Å². The molecule has 0 aliphatic carbocycles. The van der Waals surface area contributed by atoms with Gasteiger partial charge in [-0.1, -0.05) is 78.9 Å². The summed E-state index contributed by atoms with van der Waals surface area (Å²) in [7, 11) is 0. The number of rotatable bonds is 2. The van der Waals surface area contributed by atoms with Crippen molar-refractivity contribution in [3.63, 3.8) is 0 Å². The van der Waals surface area contributed by atoms with Crippen LogP contribution in [0.4, 0.5) is 0 Å². The summed E-state index contributed by atoms with van der Waals surface area (Å²) in [5, 5.41) is 9.22. The number of fused-ring (bicyclic) bond motifs is 13. The molecule has 4 heterocycles. The maximum absolute atomic E-state index is 6.62. The summed E-state index contributed by atoms with van der Waals surface area (Å²) in [6.07, 6.45) is 0. The fourth-order valence-electron chi connectivity index (χ4n) is 7.72. The molecule has 0 unspecified atom stereocenters. The summed E-state index contributed by atoms with van der Waals surface area (Å²) in [6.45, 7) is 0. The van der Waals surface area contributed by atoms with E-state index in [0.717, 1.165) is 82.7 Å². The highest BCUT2D eigenvalue weighted by Gasteiger charge is 2.21. The van der Waals surface area contributed by atoms with Gasteiger partial charge in [-0.3, -0.25) is 0 Å². The second-order valence-corrected chi connectivity index (χ2v) is 12.1. The predicted molar refractivity (Wildman–Crippen MR) is 190 cm³/mol. The number of para-hydroxylation sites is 4. The van der Waals surface area contributed by atoms with Crippen molar-refractivity contribution in [1.29, 1.82) is 0 Å². The van der Waals surface area contributed by atoms with E-state index in [1.54, 1.807) is 0 Å². The molecule has 0 spiro atoms. The van der Waals surface area contributed by atoms with Gasteiger partial charge >= 0.3 is 0 Å². The summed E-state index contributed by atoms with van der Waals surface area (Å²) in [5.41, 5.74) is 10.4. The van der Waals surface area contributed by atoms with Crippen molar-refractivity contribution in [2.75, 3.05) is 0 Å². The number of nitrogens with zero attached hydrogens (tertiary/aromatic N) is 2. The monoisotopic (exact) mass is 588 g/mol. The second-order valence-electron chi connectivity index (χ2n) is 12.1. The van der Waals surface area contributed by atoms with Crippen LogP contribution in [0, 0.1) is 0 Å². The standard InChI is InChI=1S/C42H24N2O2/c1-2-10-25(11-3-1)43-36-21-18-26(22-32(36)33-24-40-34(23-37(33)43)29-14-6-8-16-38(29)45-40)44-35-15-7-4-12-27(35)30-19-20-31-28-13-5-9-17-39(28)46-42(31)41(30)44/h1-24H. The van der Waals surface area contributed by atoms with Crippen molar-refractivity contribution in [1.82, 2.24) is 9.13 Å². The van der Waals surface area contributed by atoms with Gasteiger partial charge in [-0.15, -0.1) is 0 Å². The summed E-state index contributed by atoms with van der Waals surface area (Å²) in [6, 6.07) is 51.7. The fraction of sp³-hybridized carbons (Fsp3) is 0. The molecule has 11 rings (SSSR count). The van der Waals surface area contributed by atoms with Crippen molar-refractivity contribution >= 4 is 87.5 Å². The molecule has 0 saturated carbocycles. The van der Waals surface area contributed by atoms with Crippen molar-refractivity contribution < 1.29 is 8.83 Å². The van der Waals surface area contributed by atoms with Crippen LogP contribution >= 0.6 is 0 Å². The molecule has 0 amide bonds. The highest BCUT2D eigenvalue weighted by atomic mass is 16.3. The molecular formula is C42H24N2O2. The normalized spacial score (nSPS) is 12.3. The Morgan fingerprint density at radius 2 is 0.978 bits per heavy atom. The van der Waals surface area contributed by atoms with Crippen LogP contribution < -0.4 is 0 Å². The molecular weight excluding hydrogens is 564 g/mol. The van der Waals surface area contributed by atoms with E-state index in [1.807, 2.05) is 18.2 Å². The average Bonchev–Trinajstić information content (AvgIpc) is 3.85. The number of hydrogen-bond donors (Lipinski definition) is 0. The van der Waals surface area contributed by atoms with Gasteiger partial charge in [0.15, 0.2) is 5.58 Å². The van der Waals surface area contributed by atoms with Crippen LogP contribution in [-0.2, 0) is 0 Å². The first-order valence-corrected chi connectivity index (χ1v) is 15.6. The van der Waals surface area contributed by atoms with Crippen molar-refractivity contribution in [2.24, 2.45) is 0 Å². The molecule has 0 bridgehead atoms. The third-order valence-corrected chi connectivity index (χ3v) is 9.70. The first-order valence-electron chi connectivity index (χ1n) is 15.6. The van der Waals surface area contributed by atoms with Crippen LogP contribution in [0.3, 0.4) is 0 Å². The van der Waals surface area contributed by atoms with Crippen LogP contribution in [0.25, 0.3) is 98.9 Å². The van der Waals surface area contributed by atoms with Gasteiger partial charge in [0.25, 0.3) is 0 Å². The highest BCUT2D eigenvalue weighted by Crippen LogP contribution is 2.42. The molecule has 4 nitrogen and oxygen atoms in total. The SMILES string of the molecule is c1ccc(-n2c3ccc(-n4c5ccccc5c5ccc6c7ccccc7oc6c54)cc3c3cc4oc5ccccc5c4cc32)cc1. The molecule has 214 valence electrons. The van der Waals surface area contributed by atoms with Crippen LogP contribution in [0.2, 0.25) is 0 Å². The minimum absolute atomic E-state index is 0.895. The zero-order valence-corrected chi connectivity index (χ0v) is 24.6. The van der Waals surface area contributed by atoms with Crippen LogP contribution in [-0.4, -0.2) is 9.13 Å². The minimum atomic E-state index is 0.895. The summed E-state index contributed by atoms with van der Waals surface area (Å²) >= 11 is 0. The van der Waals surface area contributed by atoms with Gasteiger partial charge in [0.05, 0.1) is 22.1 Å². The average molecular weight is 589 g/mol. The lowest BCUT2D eigenvalue weighted by Crippen LogP contribution is -1.95. The molecule has 4 heteroatoms. The van der Waals surface area contributed by atoms with Gasteiger partial charge in [0.2, 0.25) is 0 Å². The fourth-order valence-corrected chi connectivity index (χ4v) is 7.72. The van der Waals surface area contributed by atoms with Crippen molar-refractivity contribution in [2.45, 2.75) is 0 Å². The largest absolute Gasteiger partial charge is 0.456 e. The molecule has 0 aliphatic heterocycles. The highest BCUT2D eigenvalue weighted by molar-refractivity contribution is 6.22. The Morgan fingerprint density at radius 1 is 0.326 bits per heavy atom. The third-order valence-electron chi connectivity index (χ3n) is 9.70. The maximum Gasteiger partial charge on any atom is 0.160 e. The Bertz CT molecular complexity index is 3020. The molecule has 7 aromatic carbocycles. The first kappa shape index (κ1) is 24.1. The third kappa shape index (κ3) is 3.07. The van der Waals surface area contributed by atoms with E-state index in [9.17, 15) is 0 Å². The molecule has 0 saturated heterocycles. The molecule has 0 N–H and O–H groups in total. The molecule has 0 atom stereocenters. The molecule has 46 heavy (non-hydrogen) atoms. The van der Waals surface area contributed by atoms with E-state index < -0.39 is 0 Å². The number of furan rings is 2. The lowest BCUT2D eigenvalue weighted by Gasteiger charge is -2.10. The Labute approximate surface area is 261 Å². The molecule has 4 aromatic heterocycles. The summed E-state index contributed by atoms with van der Waals surface area (Å²) in [4.78, 5) is 0. The second kappa shape index (κ2) is 8.68. The minimum Gasteiger partial charge on any atom is -0.456 e. The molecule has 0 fully saturated rings. The Morgan fingerprint density at radius 3 is 1.83 bits per heavy atom. The lowest BCUT2D eigenvalue weighted by molar-refractivity contribution is 0.669. The summed E-state index contributed by atoms with van der Waals surface area (Å²) < 4.78 is 17.8. The topological polar surface area (TPSA) is 36.1 Å². The van der Waals surface area contributed by atoms with Crippen molar-refractivity contribution in [3.05, 3.63) is 146 Å². The molecule has 11 aromatic rings. The number of benzene rings is 7. The van der Waals surface area contributed by atoms with E-state index in [2.05, 4.69) is 137 Å². The van der Waals surface area contributed by atoms with E-state index in [4.69, 9.17) is 8.83 Å². The predicted octanol–water partition coefficient (Wildman–Crippen LogP) is 11.7. The van der Waals surface area contributed by atoms with Gasteiger partial charge in [0.1, 0.15) is 16.7 Å². The first-order chi connectivity index (χ1) is 22.8. The Hall–Kier alpha value is -6.26. The smallest absolute Gasteiger partial charge is 0.160 e. The van der Waals surface area contributed by atoms with Gasteiger partial charge in [0, 0.05) is 54.5 Å². The zero-order chi connectivity index (χ0) is 29.9. The Balaban J connectivity index is 1.29. The van der Waals surface area contributed by atoms with Gasteiger partial charge in [-0.25, -0.2) is 0 Å². The van der Waals surface area contributed by atoms with Crippen molar-refractivity contribution in [3.8, 4) is 11.4 Å². The van der Waals surface area contributed by atoms with E-state index in [1.165, 1.54) is 16.2 Å². The quantitative estimate of drug-likeness (QED) is 0.201. The van der Waals surface area contributed by atoms with E-state index in [0.29, 0.717) is 0 Å². The number of hydrogen-bond acceptors (Lipinski definition) is 2. The van der Waals surface area contributed by atoms with Crippen LogP contribution in [0.15, 0.2) is 154 Å². The van der Waals surface area contributed by atoms with E-state index >= 15 is 0 Å². The molecule has 0 aliphatic rings.